The van der Waals surface area contributed by atoms with E-state index in [1.165, 1.54) is 15.6 Å². The van der Waals surface area contributed by atoms with Crippen LogP contribution in [-0.2, 0) is 21.8 Å². The van der Waals surface area contributed by atoms with Crippen LogP contribution in [0.2, 0.25) is 5.02 Å². The molecule has 28 heavy (non-hydrogen) atoms. The SMILES string of the molecule is Cc1c(S(=O)(=O)N2CCOCC2)cc(-c2nc(-c3cccc(Cl)c3)cs2)n1C. The van der Waals surface area contributed by atoms with Crippen LogP contribution in [0.4, 0.5) is 0 Å². The molecule has 1 aromatic carbocycles. The molecule has 0 amide bonds. The number of aromatic nitrogens is 2. The van der Waals surface area contributed by atoms with Crippen LogP contribution in [0.15, 0.2) is 40.6 Å². The number of ether oxygens (including phenoxy) is 1. The minimum atomic E-state index is -3.56. The van der Waals surface area contributed by atoms with Crippen molar-refractivity contribution in [1.82, 2.24) is 13.9 Å². The molecule has 0 saturated carbocycles. The van der Waals surface area contributed by atoms with Gasteiger partial charge in [0, 0.05) is 41.8 Å². The number of nitrogens with zero attached hydrogens (tertiary/aromatic N) is 3. The minimum absolute atomic E-state index is 0.325. The summed E-state index contributed by atoms with van der Waals surface area (Å²) in [6.45, 7) is 3.42. The second kappa shape index (κ2) is 7.61. The van der Waals surface area contributed by atoms with Crippen molar-refractivity contribution in [2.45, 2.75) is 11.8 Å². The minimum Gasteiger partial charge on any atom is -0.379 e. The Morgan fingerprint density at radius 3 is 2.68 bits per heavy atom. The van der Waals surface area contributed by atoms with Crippen LogP contribution in [0.25, 0.3) is 22.0 Å². The molecule has 0 unspecified atom stereocenters. The maximum atomic E-state index is 13.1. The van der Waals surface area contributed by atoms with Gasteiger partial charge in [-0.2, -0.15) is 4.31 Å². The molecule has 0 aliphatic carbocycles. The van der Waals surface area contributed by atoms with Crippen LogP contribution in [0, 0.1) is 6.92 Å². The molecule has 0 N–H and O–H groups in total. The number of hydrogen-bond donors (Lipinski definition) is 0. The van der Waals surface area contributed by atoms with Crippen LogP contribution in [0.1, 0.15) is 5.69 Å². The van der Waals surface area contributed by atoms with Gasteiger partial charge in [0.05, 0.1) is 24.6 Å². The van der Waals surface area contributed by atoms with Crippen molar-refractivity contribution in [2.75, 3.05) is 26.3 Å². The Hall–Kier alpha value is -1.71. The summed E-state index contributed by atoms with van der Waals surface area (Å²) in [5, 5.41) is 3.38. The fourth-order valence-electron chi connectivity index (χ4n) is 3.24. The van der Waals surface area contributed by atoms with E-state index in [-0.39, 0.29) is 0 Å². The largest absolute Gasteiger partial charge is 0.379 e. The maximum absolute atomic E-state index is 13.1. The fraction of sp³-hybridized carbons (Fsp3) is 0.316. The maximum Gasteiger partial charge on any atom is 0.245 e. The molecular formula is C19H20ClN3O3S2. The van der Waals surface area contributed by atoms with Gasteiger partial charge in [-0.1, -0.05) is 23.7 Å². The lowest BCUT2D eigenvalue weighted by Gasteiger charge is -2.25. The Morgan fingerprint density at radius 1 is 1.21 bits per heavy atom. The Bertz CT molecular complexity index is 1120. The van der Waals surface area contributed by atoms with E-state index >= 15 is 0 Å². The van der Waals surface area contributed by atoms with Crippen molar-refractivity contribution in [3.8, 4) is 22.0 Å². The summed E-state index contributed by atoms with van der Waals surface area (Å²) in [5.74, 6) is 0. The molecule has 1 aliphatic heterocycles. The van der Waals surface area contributed by atoms with Gasteiger partial charge in [-0.25, -0.2) is 13.4 Å². The molecular weight excluding hydrogens is 418 g/mol. The van der Waals surface area contributed by atoms with Crippen LogP contribution in [0.3, 0.4) is 0 Å². The van der Waals surface area contributed by atoms with Gasteiger partial charge in [-0.15, -0.1) is 11.3 Å². The predicted molar refractivity (Wildman–Crippen MR) is 111 cm³/mol. The number of morpholine rings is 1. The summed E-state index contributed by atoms with van der Waals surface area (Å²) >= 11 is 7.57. The average molecular weight is 438 g/mol. The van der Waals surface area contributed by atoms with Crippen molar-refractivity contribution >= 4 is 33.0 Å². The van der Waals surface area contributed by atoms with Crippen molar-refractivity contribution in [1.29, 1.82) is 0 Å². The molecule has 1 fully saturated rings. The summed E-state index contributed by atoms with van der Waals surface area (Å²) in [6.07, 6.45) is 0. The summed E-state index contributed by atoms with van der Waals surface area (Å²) in [5.41, 5.74) is 3.23. The van der Waals surface area contributed by atoms with E-state index in [4.69, 9.17) is 21.3 Å². The molecule has 0 spiro atoms. The highest BCUT2D eigenvalue weighted by atomic mass is 35.5. The van der Waals surface area contributed by atoms with Crippen LogP contribution >= 0.6 is 22.9 Å². The van der Waals surface area contributed by atoms with Crippen LogP contribution in [0.5, 0.6) is 0 Å². The fourth-order valence-corrected chi connectivity index (χ4v) is 5.98. The number of thiazole rings is 1. The van der Waals surface area contributed by atoms with Crippen molar-refractivity contribution in [3.05, 3.63) is 46.4 Å². The summed E-state index contributed by atoms with van der Waals surface area (Å²) < 4.78 is 34.8. The van der Waals surface area contributed by atoms with Crippen LogP contribution < -0.4 is 0 Å². The second-order valence-corrected chi connectivity index (χ2v) is 9.80. The summed E-state index contributed by atoms with van der Waals surface area (Å²) in [4.78, 5) is 5.04. The molecule has 1 saturated heterocycles. The second-order valence-electron chi connectivity index (χ2n) is 6.60. The van der Waals surface area contributed by atoms with E-state index in [1.807, 2.05) is 48.2 Å². The van der Waals surface area contributed by atoms with Gasteiger partial charge in [-0.3, -0.25) is 0 Å². The molecule has 2 aromatic heterocycles. The molecule has 4 rings (SSSR count). The van der Waals surface area contributed by atoms with Crippen molar-refractivity contribution in [3.63, 3.8) is 0 Å². The smallest absolute Gasteiger partial charge is 0.245 e. The normalized spacial score (nSPS) is 15.8. The van der Waals surface area contributed by atoms with Gasteiger partial charge >= 0.3 is 0 Å². The first-order chi connectivity index (χ1) is 13.4. The lowest BCUT2D eigenvalue weighted by atomic mass is 10.2. The molecule has 0 bridgehead atoms. The first-order valence-corrected chi connectivity index (χ1v) is 11.5. The summed E-state index contributed by atoms with van der Waals surface area (Å²) in [7, 11) is -1.70. The zero-order chi connectivity index (χ0) is 19.9. The Morgan fingerprint density at radius 2 is 1.96 bits per heavy atom. The van der Waals surface area contributed by atoms with E-state index in [0.29, 0.717) is 41.9 Å². The molecule has 6 nitrogen and oxygen atoms in total. The van der Waals surface area contributed by atoms with Crippen LogP contribution in [-0.4, -0.2) is 48.6 Å². The average Bonchev–Trinajstić information content (AvgIpc) is 3.29. The number of hydrogen-bond acceptors (Lipinski definition) is 5. The lowest BCUT2D eigenvalue weighted by Crippen LogP contribution is -2.40. The van der Waals surface area contributed by atoms with E-state index in [2.05, 4.69) is 0 Å². The van der Waals surface area contributed by atoms with Gasteiger partial charge < -0.3 is 9.30 Å². The van der Waals surface area contributed by atoms with E-state index < -0.39 is 10.0 Å². The number of sulfonamides is 1. The van der Waals surface area contributed by atoms with Gasteiger partial charge in [0.25, 0.3) is 0 Å². The first kappa shape index (κ1) is 19.6. The third-order valence-corrected chi connectivity index (χ3v) is 8.03. The molecule has 1 aliphatic rings. The topological polar surface area (TPSA) is 64.4 Å². The molecule has 3 heterocycles. The third kappa shape index (κ3) is 3.51. The van der Waals surface area contributed by atoms with E-state index in [1.54, 1.807) is 6.07 Å². The molecule has 0 radical (unpaired) electrons. The third-order valence-electron chi connectivity index (χ3n) is 4.92. The van der Waals surface area contributed by atoms with Gasteiger partial charge in [-0.05, 0) is 25.1 Å². The van der Waals surface area contributed by atoms with Crippen molar-refractivity contribution in [2.24, 2.45) is 7.05 Å². The molecule has 3 aromatic rings. The van der Waals surface area contributed by atoms with Crippen molar-refractivity contribution < 1.29 is 13.2 Å². The zero-order valence-electron chi connectivity index (χ0n) is 15.6. The molecule has 148 valence electrons. The highest BCUT2D eigenvalue weighted by molar-refractivity contribution is 7.89. The highest BCUT2D eigenvalue weighted by Crippen LogP contribution is 2.34. The Labute approximate surface area is 173 Å². The zero-order valence-corrected chi connectivity index (χ0v) is 17.9. The van der Waals surface area contributed by atoms with Gasteiger partial charge in [0.2, 0.25) is 10.0 Å². The molecule has 9 heteroatoms. The quantitative estimate of drug-likeness (QED) is 0.622. The number of rotatable bonds is 4. The van der Waals surface area contributed by atoms with E-state index in [0.717, 1.165) is 22.0 Å². The standard InChI is InChI=1S/C19H20ClN3O3S2/c1-13-18(28(24,25)23-6-8-26-9-7-23)11-17(22(13)2)19-21-16(12-27-19)14-4-3-5-15(20)10-14/h3-5,10-12H,6-9H2,1-2H3. The number of benzene rings is 1. The molecule has 0 atom stereocenters. The monoisotopic (exact) mass is 437 g/mol. The summed E-state index contributed by atoms with van der Waals surface area (Å²) in [6, 6.07) is 9.25. The van der Waals surface area contributed by atoms with Gasteiger partial charge in [0.1, 0.15) is 9.90 Å². The van der Waals surface area contributed by atoms with Gasteiger partial charge in [0.15, 0.2) is 0 Å². The Balaban J connectivity index is 1.71. The highest BCUT2D eigenvalue weighted by Gasteiger charge is 2.30. The Kier molecular flexibility index (Phi) is 5.32. The predicted octanol–water partition coefficient (Wildman–Crippen LogP) is 3.80. The first-order valence-electron chi connectivity index (χ1n) is 8.84. The lowest BCUT2D eigenvalue weighted by molar-refractivity contribution is 0.0730. The number of halogens is 1. The van der Waals surface area contributed by atoms with E-state index in [9.17, 15) is 8.42 Å².